The first-order valence-electron chi connectivity index (χ1n) is 6.82. The van der Waals surface area contributed by atoms with Crippen LogP contribution in [0.5, 0.6) is 0 Å². The molecule has 2 aromatic rings. The zero-order valence-corrected chi connectivity index (χ0v) is 14.1. The van der Waals surface area contributed by atoms with Crippen molar-refractivity contribution in [2.45, 2.75) is 40.3 Å². The van der Waals surface area contributed by atoms with Crippen LogP contribution < -0.4 is 10.9 Å². The second-order valence-corrected chi connectivity index (χ2v) is 6.71. The zero-order chi connectivity index (χ0) is 15.6. The van der Waals surface area contributed by atoms with E-state index in [4.69, 9.17) is 11.6 Å². The lowest BCUT2D eigenvalue weighted by molar-refractivity contribution is 0.464. The Morgan fingerprint density at radius 2 is 2.14 bits per heavy atom. The van der Waals surface area contributed by atoms with Gasteiger partial charge in [-0.15, -0.1) is 11.3 Å². The molecule has 0 aliphatic rings. The Labute approximate surface area is 133 Å². The Balaban J connectivity index is 2.21. The molecule has 0 saturated heterocycles. The van der Waals surface area contributed by atoms with Crippen molar-refractivity contribution in [3.8, 4) is 0 Å². The van der Waals surface area contributed by atoms with Gasteiger partial charge in [-0.05, 0) is 19.8 Å². The highest BCUT2D eigenvalue weighted by Crippen LogP contribution is 2.24. The van der Waals surface area contributed by atoms with E-state index in [1.165, 1.54) is 4.68 Å². The maximum absolute atomic E-state index is 12.2. The molecule has 5 nitrogen and oxygen atoms in total. The Bertz CT molecular complexity index is 680. The van der Waals surface area contributed by atoms with Crippen LogP contribution in [0.2, 0.25) is 5.02 Å². The van der Waals surface area contributed by atoms with E-state index in [1.807, 2.05) is 33.1 Å². The molecule has 1 unspecified atom stereocenters. The molecule has 21 heavy (non-hydrogen) atoms. The van der Waals surface area contributed by atoms with E-state index in [0.717, 1.165) is 10.7 Å². The van der Waals surface area contributed by atoms with E-state index >= 15 is 0 Å². The summed E-state index contributed by atoms with van der Waals surface area (Å²) in [6.07, 6.45) is 1.60. The third kappa shape index (κ3) is 3.83. The minimum absolute atomic E-state index is 0.0247. The largest absolute Gasteiger partial charge is 0.373 e. The Hall–Kier alpha value is -1.40. The molecule has 0 radical (unpaired) electrons. The van der Waals surface area contributed by atoms with Gasteiger partial charge in [0, 0.05) is 17.6 Å². The van der Waals surface area contributed by atoms with Crippen molar-refractivity contribution < 1.29 is 0 Å². The van der Waals surface area contributed by atoms with Crippen molar-refractivity contribution in [2.75, 3.05) is 5.32 Å². The topological polar surface area (TPSA) is 59.8 Å². The van der Waals surface area contributed by atoms with Crippen LogP contribution in [-0.2, 0) is 6.54 Å². The number of aryl methyl sites for hydroxylation is 1. The molecule has 0 aliphatic carbocycles. The molecule has 0 amide bonds. The summed E-state index contributed by atoms with van der Waals surface area (Å²) < 4.78 is 1.40. The van der Waals surface area contributed by atoms with Gasteiger partial charge in [-0.1, -0.05) is 25.4 Å². The van der Waals surface area contributed by atoms with Crippen LogP contribution in [0.25, 0.3) is 0 Å². The summed E-state index contributed by atoms with van der Waals surface area (Å²) in [5.74, 6) is 0.335. The van der Waals surface area contributed by atoms with Crippen LogP contribution in [0.15, 0.2) is 16.4 Å². The lowest BCUT2D eigenvalue weighted by atomic mass is 10.2. The van der Waals surface area contributed by atoms with E-state index in [0.29, 0.717) is 18.2 Å². The fraction of sp³-hybridized carbons (Fsp3) is 0.500. The van der Waals surface area contributed by atoms with Crippen molar-refractivity contribution in [3.63, 3.8) is 0 Å². The summed E-state index contributed by atoms with van der Waals surface area (Å²) in [6, 6.07) is -0.0247. The SMILES string of the molecule is Cc1csc(C(C)Nc2cnn(CC(C)C)c(=O)c2Cl)n1. The number of rotatable bonds is 5. The highest BCUT2D eigenvalue weighted by atomic mass is 35.5. The molecular weight excluding hydrogens is 308 g/mol. The second-order valence-electron chi connectivity index (χ2n) is 5.45. The van der Waals surface area contributed by atoms with Crippen LogP contribution in [0.3, 0.4) is 0 Å². The van der Waals surface area contributed by atoms with Gasteiger partial charge in [0.25, 0.3) is 5.56 Å². The van der Waals surface area contributed by atoms with Crippen LogP contribution in [0, 0.1) is 12.8 Å². The molecule has 7 heteroatoms. The molecule has 0 fully saturated rings. The maximum atomic E-state index is 12.2. The number of hydrogen-bond donors (Lipinski definition) is 1. The van der Waals surface area contributed by atoms with E-state index < -0.39 is 0 Å². The van der Waals surface area contributed by atoms with Gasteiger partial charge < -0.3 is 5.32 Å². The van der Waals surface area contributed by atoms with Crippen LogP contribution in [0.4, 0.5) is 5.69 Å². The van der Waals surface area contributed by atoms with Gasteiger partial charge in [-0.2, -0.15) is 5.10 Å². The first-order valence-corrected chi connectivity index (χ1v) is 8.08. The molecule has 0 aliphatic heterocycles. The van der Waals surface area contributed by atoms with Crippen molar-refractivity contribution in [2.24, 2.45) is 5.92 Å². The fourth-order valence-corrected chi connectivity index (χ4v) is 2.91. The van der Waals surface area contributed by atoms with E-state index in [2.05, 4.69) is 15.4 Å². The number of aromatic nitrogens is 3. The number of nitrogens with one attached hydrogen (secondary N) is 1. The van der Waals surface area contributed by atoms with Crippen LogP contribution >= 0.6 is 22.9 Å². The molecular formula is C14H19ClN4OS. The first-order chi connectivity index (χ1) is 9.88. The molecule has 2 rings (SSSR count). The van der Waals surface area contributed by atoms with Gasteiger partial charge in [-0.3, -0.25) is 4.79 Å². The second kappa shape index (κ2) is 6.58. The number of hydrogen-bond acceptors (Lipinski definition) is 5. The molecule has 114 valence electrons. The number of thiazole rings is 1. The van der Waals surface area contributed by atoms with E-state index in [9.17, 15) is 4.79 Å². The third-order valence-electron chi connectivity index (χ3n) is 2.90. The van der Waals surface area contributed by atoms with Crippen molar-refractivity contribution in [1.82, 2.24) is 14.8 Å². The van der Waals surface area contributed by atoms with Gasteiger partial charge in [0.15, 0.2) is 0 Å². The molecule has 0 aromatic carbocycles. The standard InChI is InChI=1S/C14H19ClN4OS/c1-8(2)6-19-14(20)12(15)11(5-16-19)18-10(4)13-17-9(3)7-21-13/h5,7-8,10,18H,6H2,1-4H3. The summed E-state index contributed by atoms with van der Waals surface area (Å²) in [7, 11) is 0. The minimum Gasteiger partial charge on any atom is -0.373 e. The molecule has 2 heterocycles. The predicted molar refractivity (Wildman–Crippen MR) is 87.2 cm³/mol. The average Bonchev–Trinajstić information content (AvgIpc) is 2.84. The Morgan fingerprint density at radius 3 is 2.71 bits per heavy atom. The lowest BCUT2D eigenvalue weighted by Gasteiger charge is -2.15. The molecule has 2 aromatic heterocycles. The van der Waals surface area contributed by atoms with E-state index in [-0.39, 0.29) is 16.6 Å². The van der Waals surface area contributed by atoms with Crippen molar-refractivity contribution in [1.29, 1.82) is 0 Å². The summed E-state index contributed by atoms with van der Waals surface area (Å²) >= 11 is 7.74. The molecule has 0 spiro atoms. The van der Waals surface area contributed by atoms with Gasteiger partial charge in [0.2, 0.25) is 0 Å². The molecule has 0 saturated carbocycles. The fourth-order valence-electron chi connectivity index (χ4n) is 1.91. The molecule has 1 atom stereocenters. The Morgan fingerprint density at radius 1 is 1.43 bits per heavy atom. The summed E-state index contributed by atoms with van der Waals surface area (Å²) in [4.78, 5) is 16.6. The Kier molecular flexibility index (Phi) is 5.00. The number of halogens is 1. The molecule has 1 N–H and O–H groups in total. The first kappa shape index (κ1) is 16.0. The summed E-state index contributed by atoms with van der Waals surface area (Å²) in [6.45, 7) is 8.55. The maximum Gasteiger partial charge on any atom is 0.287 e. The lowest BCUT2D eigenvalue weighted by Crippen LogP contribution is -2.26. The normalized spacial score (nSPS) is 12.7. The van der Waals surface area contributed by atoms with Gasteiger partial charge >= 0.3 is 0 Å². The van der Waals surface area contributed by atoms with E-state index in [1.54, 1.807) is 17.5 Å². The van der Waals surface area contributed by atoms with Crippen molar-refractivity contribution >= 4 is 28.6 Å². The van der Waals surface area contributed by atoms with Crippen molar-refractivity contribution in [3.05, 3.63) is 37.7 Å². The highest BCUT2D eigenvalue weighted by Gasteiger charge is 2.14. The minimum atomic E-state index is -0.266. The van der Waals surface area contributed by atoms with Gasteiger partial charge in [0.1, 0.15) is 10.0 Å². The summed E-state index contributed by atoms with van der Waals surface area (Å²) in [5.41, 5.74) is 1.26. The van der Waals surface area contributed by atoms with Crippen LogP contribution in [0.1, 0.15) is 37.5 Å². The predicted octanol–water partition coefficient (Wildman–Crippen LogP) is 3.49. The summed E-state index contributed by atoms with van der Waals surface area (Å²) in [5, 5.41) is 10.5. The van der Waals surface area contributed by atoms with Crippen LogP contribution in [-0.4, -0.2) is 14.8 Å². The zero-order valence-electron chi connectivity index (χ0n) is 12.6. The third-order valence-corrected chi connectivity index (χ3v) is 4.41. The monoisotopic (exact) mass is 326 g/mol. The van der Waals surface area contributed by atoms with Gasteiger partial charge in [0.05, 0.1) is 17.9 Å². The number of anilines is 1. The highest BCUT2D eigenvalue weighted by molar-refractivity contribution is 7.09. The van der Waals surface area contributed by atoms with Gasteiger partial charge in [-0.25, -0.2) is 9.67 Å². The smallest absolute Gasteiger partial charge is 0.287 e. The quantitative estimate of drug-likeness (QED) is 0.913. The number of nitrogens with zero attached hydrogens (tertiary/aromatic N) is 3. The molecule has 0 bridgehead atoms. The average molecular weight is 327 g/mol.